The van der Waals surface area contributed by atoms with Crippen LogP contribution in [0.5, 0.6) is 11.5 Å². The molecule has 0 bridgehead atoms. The van der Waals surface area contributed by atoms with Crippen molar-refractivity contribution in [3.8, 4) is 11.5 Å². The monoisotopic (exact) mass is 573 g/mol. The second kappa shape index (κ2) is 9.20. The van der Waals surface area contributed by atoms with Crippen LogP contribution in [0.3, 0.4) is 0 Å². The Morgan fingerprint density at radius 1 is 0.921 bits per heavy atom. The number of likely N-dealkylation sites (tertiary alicyclic amines) is 1. The molecule has 1 heterocycles. The summed E-state index contributed by atoms with van der Waals surface area (Å²) in [6, 6.07) is 13.3. The first-order chi connectivity index (χ1) is 18.2. The van der Waals surface area contributed by atoms with Crippen molar-refractivity contribution in [1.82, 2.24) is 4.90 Å². The van der Waals surface area contributed by atoms with Gasteiger partial charge in [-0.15, -0.1) is 0 Å². The Kier molecular flexibility index (Phi) is 5.94. The molecule has 1 fully saturated rings. The summed E-state index contributed by atoms with van der Waals surface area (Å²) in [6.07, 6.45) is 4.29. The lowest BCUT2D eigenvalue weighted by Crippen LogP contribution is -2.39. The second-order valence-electron chi connectivity index (χ2n) is 10.2. The summed E-state index contributed by atoms with van der Waals surface area (Å²) in [5.41, 5.74) is 3.16. The third kappa shape index (κ3) is 3.86. The maximum atomic E-state index is 13.8. The van der Waals surface area contributed by atoms with Crippen molar-refractivity contribution in [2.24, 2.45) is 17.8 Å². The Labute approximate surface area is 227 Å². The minimum Gasteiger partial charge on any atom is -0.508 e. The average Bonchev–Trinajstić information content (AvgIpc) is 3.15. The number of phenols is 2. The van der Waals surface area contributed by atoms with Gasteiger partial charge in [-0.05, 0) is 76.5 Å². The number of halogens is 1. The molecule has 192 valence electrons. The van der Waals surface area contributed by atoms with Gasteiger partial charge in [-0.2, -0.15) is 0 Å². The van der Waals surface area contributed by atoms with Gasteiger partial charge in [-0.25, -0.2) is 0 Å². The Hall–Kier alpha value is -3.78. The molecule has 1 saturated heterocycles. The number of aromatic hydroxyl groups is 2. The van der Waals surface area contributed by atoms with Crippen molar-refractivity contribution >= 4 is 39.3 Å². The van der Waals surface area contributed by atoms with Crippen molar-refractivity contribution in [3.05, 3.63) is 93.0 Å². The zero-order chi connectivity index (χ0) is 26.7. The lowest BCUT2D eigenvalue weighted by atomic mass is 9.59. The van der Waals surface area contributed by atoms with Crippen LogP contribution in [0.2, 0.25) is 0 Å². The van der Waals surface area contributed by atoms with Crippen LogP contribution in [0, 0.1) is 17.8 Å². The molecule has 2 aromatic carbocycles. The Morgan fingerprint density at radius 3 is 2.42 bits per heavy atom. The molecule has 2 aromatic rings. The van der Waals surface area contributed by atoms with Crippen LogP contribution >= 0.6 is 15.9 Å². The maximum Gasteiger partial charge on any atom is 0.233 e. The van der Waals surface area contributed by atoms with Crippen LogP contribution in [0.1, 0.15) is 29.9 Å². The van der Waals surface area contributed by atoms with Crippen LogP contribution < -0.4 is 0 Å². The van der Waals surface area contributed by atoms with Gasteiger partial charge in [0.1, 0.15) is 11.5 Å². The molecule has 0 radical (unpaired) electrons. The molecule has 2 amide bonds. The van der Waals surface area contributed by atoms with Gasteiger partial charge in [-0.3, -0.25) is 24.1 Å². The smallest absolute Gasteiger partial charge is 0.233 e. The fraction of sp³-hybridized carbons (Fsp3) is 0.267. The molecular weight excluding hydrogens is 550 g/mol. The molecule has 0 aromatic heterocycles. The van der Waals surface area contributed by atoms with Crippen molar-refractivity contribution < 1.29 is 29.4 Å². The highest BCUT2D eigenvalue weighted by Crippen LogP contribution is 2.55. The average molecular weight is 574 g/mol. The summed E-state index contributed by atoms with van der Waals surface area (Å²) in [5, 5.41) is 19.7. The number of imide groups is 1. The molecule has 6 rings (SSSR count). The molecule has 1 aliphatic heterocycles. The van der Waals surface area contributed by atoms with Crippen LogP contribution in [-0.4, -0.2) is 45.0 Å². The van der Waals surface area contributed by atoms with Gasteiger partial charge in [0.25, 0.3) is 0 Å². The van der Waals surface area contributed by atoms with Crippen molar-refractivity contribution in [1.29, 1.82) is 0 Å². The van der Waals surface area contributed by atoms with E-state index in [9.17, 15) is 29.4 Å². The number of amides is 2. The lowest BCUT2D eigenvalue weighted by molar-refractivity contribution is -0.140. The van der Waals surface area contributed by atoms with E-state index < -0.39 is 23.7 Å². The first-order valence-electron chi connectivity index (χ1n) is 12.6. The molecule has 0 spiro atoms. The van der Waals surface area contributed by atoms with Gasteiger partial charge in [-0.1, -0.05) is 35.9 Å². The van der Waals surface area contributed by atoms with Crippen LogP contribution in [0.4, 0.5) is 0 Å². The number of benzene rings is 2. The number of rotatable bonds is 4. The van der Waals surface area contributed by atoms with Gasteiger partial charge in [0.2, 0.25) is 11.8 Å². The van der Waals surface area contributed by atoms with E-state index in [2.05, 4.69) is 15.9 Å². The van der Waals surface area contributed by atoms with E-state index >= 15 is 0 Å². The molecule has 8 heteroatoms. The summed E-state index contributed by atoms with van der Waals surface area (Å²) in [7, 11) is 0. The predicted molar refractivity (Wildman–Crippen MR) is 141 cm³/mol. The zero-order valence-corrected chi connectivity index (χ0v) is 21.8. The number of fused-ring (bicyclic) bond motifs is 3. The lowest BCUT2D eigenvalue weighted by Gasteiger charge is -2.42. The zero-order valence-electron chi connectivity index (χ0n) is 20.3. The topological polar surface area (TPSA) is 112 Å². The minimum absolute atomic E-state index is 0.0416. The number of carbonyl (C=O) groups is 4. The summed E-state index contributed by atoms with van der Waals surface area (Å²) >= 11 is 3.22. The highest BCUT2D eigenvalue weighted by atomic mass is 79.9. The molecule has 2 N–H and O–H groups in total. The SMILES string of the molecule is O=C1C=C(Br)C(=O)C2=C1[C@@H](c1cccc(O)c1)C1=CC[C@@H]3C(=O)N(CCc4ccc(O)cc4)C(=O)[C@@H]3[C@@H]1C2. The van der Waals surface area contributed by atoms with Crippen molar-refractivity contribution in [3.63, 3.8) is 0 Å². The Morgan fingerprint density at radius 2 is 1.68 bits per heavy atom. The third-order valence-electron chi connectivity index (χ3n) is 8.19. The minimum atomic E-state index is -0.622. The van der Waals surface area contributed by atoms with Crippen LogP contribution in [0.15, 0.2) is 81.9 Å². The molecule has 3 aliphatic carbocycles. The first-order valence-corrected chi connectivity index (χ1v) is 13.3. The summed E-state index contributed by atoms with van der Waals surface area (Å²) in [6.45, 7) is 0.229. The fourth-order valence-corrected chi connectivity index (χ4v) is 6.93. The molecular formula is C30H24BrNO6. The van der Waals surface area contributed by atoms with Gasteiger partial charge < -0.3 is 10.2 Å². The number of carbonyl (C=O) groups excluding carboxylic acids is 4. The normalized spacial score (nSPS) is 26.6. The molecule has 0 saturated carbocycles. The molecule has 0 unspecified atom stereocenters. The second-order valence-corrected chi connectivity index (χ2v) is 11.1. The van der Waals surface area contributed by atoms with Gasteiger partial charge >= 0.3 is 0 Å². The van der Waals surface area contributed by atoms with Crippen LogP contribution in [-0.2, 0) is 25.6 Å². The number of hydrogen-bond acceptors (Lipinski definition) is 6. The van der Waals surface area contributed by atoms with E-state index in [1.165, 1.54) is 11.0 Å². The number of nitrogens with zero attached hydrogens (tertiary/aromatic N) is 1. The Balaban J connectivity index is 1.37. The van der Waals surface area contributed by atoms with E-state index in [0.29, 0.717) is 29.6 Å². The number of Topliss-reactive ketones (excluding diaryl/α,β-unsaturated/α-hetero) is 1. The molecule has 7 nitrogen and oxygen atoms in total. The third-order valence-corrected chi connectivity index (χ3v) is 8.78. The maximum absolute atomic E-state index is 13.8. The number of ketones is 2. The number of allylic oxidation sites excluding steroid dienone is 6. The molecule has 4 atom stereocenters. The quantitative estimate of drug-likeness (QED) is 0.323. The highest BCUT2D eigenvalue weighted by molar-refractivity contribution is 9.12. The number of phenolic OH excluding ortho intramolecular Hbond substituents is 2. The van der Waals surface area contributed by atoms with Gasteiger partial charge in [0, 0.05) is 29.7 Å². The van der Waals surface area contributed by atoms with E-state index in [4.69, 9.17) is 0 Å². The molecule has 38 heavy (non-hydrogen) atoms. The Bertz CT molecular complexity index is 1500. The summed E-state index contributed by atoms with van der Waals surface area (Å²) in [4.78, 5) is 54.9. The predicted octanol–water partition coefficient (Wildman–Crippen LogP) is 4.10. The van der Waals surface area contributed by atoms with E-state index in [0.717, 1.165) is 11.1 Å². The summed E-state index contributed by atoms with van der Waals surface area (Å²) < 4.78 is 0.181. The van der Waals surface area contributed by atoms with E-state index in [1.54, 1.807) is 48.5 Å². The standard InChI is InChI=1S/C30H24BrNO6/c31-23-14-24(35)27-22(28(23)36)13-21-19(25(27)16-2-1-3-18(34)12-16)8-9-20-26(21)30(38)32(29(20)37)11-10-15-4-6-17(33)7-5-15/h1-8,12,14,20-21,25-26,33-34H,9-11,13H2/t20-,21+,25-,26-/m0/s1. The van der Waals surface area contributed by atoms with E-state index in [1.807, 2.05) is 6.08 Å². The summed E-state index contributed by atoms with van der Waals surface area (Å²) in [5.74, 6) is -2.97. The van der Waals surface area contributed by atoms with Gasteiger partial charge in [0.15, 0.2) is 11.6 Å². The van der Waals surface area contributed by atoms with Gasteiger partial charge in [0.05, 0.1) is 16.3 Å². The highest BCUT2D eigenvalue weighted by Gasteiger charge is 2.56. The van der Waals surface area contributed by atoms with Crippen molar-refractivity contribution in [2.75, 3.05) is 6.54 Å². The largest absolute Gasteiger partial charge is 0.508 e. The van der Waals surface area contributed by atoms with Crippen molar-refractivity contribution in [2.45, 2.75) is 25.2 Å². The fourth-order valence-electron chi connectivity index (χ4n) is 6.48. The number of hydrogen-bond donors (Lipinski definition) is 2. The molecule has 4 aliphatic rings. The van der Waals surface area contributed by atoms with E-state index in [-0.39, 0.29) is 52.3 Å². The van der Waals surface area contributed by atoms with Crippen LogP contribution in [0.25, 0.3) is 0 Å². The first kappa shape index (κ1) is 24.6.